The van der Waals surface area contributed by atoms with Crippen LogP contribution in [-0.4, -0.2) is 33.8 Å². The van der Waals surface area contributed by atoms with Crippen molar-refractivity contribution in [3.05, 3.63) is 60.4 Å². The molecule has 0 aliphatic heterocycles. The number of benzene rings is 1. The lowest BCUT2D eigenvalue weighted by molar-refractivity contribution is 0.0945. The van der Waals surface area contributed by atoms with E-state index in [2.05, 4.69) is 15.4 Å². The van der Waals surface area contributed by atoms with Crippen molar-refractivity contribution in [2.45, 2.75) is 18.9 Å². The summed E-state index contributed by atoms with van der Waals surface area (Å²) in [6.45, 7) is 0. The molecule has 1 aromatic carbocycles. The van der Waals surface area contributed by atoms with Crippen LogP contribution >= 0.6 is 0 Å². The minimum atomic E-state index is -0.152. The van der Waals surface area contributed by atoms with Gasteiger partial charge >= 0.3 is 0 Å². The van der Waals surface area contributed by atoms with Crippen LogP contribution in [0.5, 0.6) is 5.75 Å². The molecule has 1 saturated carbocycles. The van der Waals surface area contributed by atoms with Gasteiger partial charge in [-0.2, -0.15) is 5.10 Å². The van der Waals surface area contributed by atoms with Gasteiger partial charge in [0.2, 0.25) is 0 Å². The highest BCUT2D eigenvalue weighted by Crippen LogP contribution is 2.27. The summed E-state index contributed by atoms with van der Waals surface area (Å²) in [5, 5.41) is 7.47. The van der Waals surface area contributed by atoms with Crippen molar-refractivity contribution in [1.82, 2.24) is 20.1 Å². The van der Waals surface area contributed by atoms with Crippen molar-refractivity contribution in [3.8, 4) is 22.8 Å². The number of carbonyl (C=O) groups is 1. The largest absolute Gasteiger partial charge is 0.497 e. The molecule has 1 aliphatic rings. The topological polar surface area (TPSA) is 69.0 Å². The average molecular weight is 334 g/mol. The Balaban J connectivity index is 1.79. The molecule has 1 N–H and O–H groups in total. The zero-order valence-electron chi connectivity index (χ0n) is 13.8. The molecule has 0 radical (unpaired) electrons. The highest BCUT2D eigenvalue weighted by atomic mass is 16.5. The minimum absolute atomic E-state index is 0.152. The normalized spacial score (nSPS) is 13.5. The first-order chi connectivity index (χ1) is 12.2. The molecule has 4 rings (SSSR count). The molecule has 0 unspecified atom stereocenters. The zero-order chi connectivity index (χ0) is 17.2. The van der Waals surface area contributed by atoms with Gasteiger partial charge in [0.1, 0.15) is 5.75 Å². The number of carbonyl (C=O) groups excluding carboxylic acids is 1. The van der Waals surface area contributed by atoms with Crippen LogP contribution in [0.25, 0.3) is 17.1 Å². The number of aromatic nitrogens is 3. The van der Waals surface area contributed by atoms with Gasteiger partial charge in [-0.05, 0) is 43.2 Å². The van der Waals surface area contributed by atoms with Crippen LogP contribution in [0.1, 0.15) is 23.3 Å². The van der Waals surface area contributed by atoms with Crippen molar-refractivity contribution in [1.29, 1.82) is 0 Å². The van der Waals surface area contributed by atoms with Gasteiger partial charge < -0.3 is 10.1 Å². The van der Waals surface area contributed by atoms with Gasteiger partial charge in [0, 0.05) is 17.8 Å². The van der Waals surface area contributed by atoms with Gasteiger partial charge in [0.15, 0.2) is 11.5 Å². The van der Waals surface area contributed by atoms with E-state index in [1.807, 2.05) is 42.5 Å². The van der Waals surface area contributed by atoms with Crippen LogP contribution in [-0.2, 0) is 0 Å². The van der Waals surface area contributed by atoms with Crippen molar-refractivity contribution >= 4 is 5.91 Å². The van der Waals surface area contributed by atoms with Crippen molar-refractivity contribution in [3.63, 3.8) is 0 Å². The first kappa shape index (κ1) is 15.4. The molecule has 0 bridgehead atoms. The Hall–Kier alpha value is -3.15. The van der Waals surface area contributed by atoms with E-state index in [1.54, 1.807) is 24.1 Å². The van der Waals surface area contributed by atoms with Gasteiger partial charge in [-0.15, -0.1) is 0 Å². The van der Waals surface area contributed by atoms with Gasteiger partial charge in [-0.25, -0.2) is 9.67 Å². The molecule has 25 heavy (non-hydrogen) atoms. The van der Waals surface area contributed by atoms with Crippen LogP contribution in [0.3, 0.4) is 0 Å². The summed E-state index contributed by atoms with van der Waals surface area (Å²) in [6, 6.07) is 15.3. The summed E-state index contributed by atoms with van der Waals surface area (Å²) >= 11 is 0. The lowest BCUT2D eigenvalue weighted by atomic mass is 10.1. The second-order valence-electron chi connectivity index (χ2n) is 5.99. The first-order valence-corrected chi connectivity index (χ1v) is 8.21. The molecular weight excluding hydrogens is 316 g/mol. The van der Waals surface area contributed by atoms with Crippen LogP contribution in [0.15, 0.2) is 54.7 Å². The van der Waals surface area contributed by atoms with Gasteiger partial charge in [-0.3, -0.25) is 4.79 Å². The van der Waals surface area contributed by atoms with Crippen LogP contribution < -0.4 is 10.1 Å². The summed E-state index contributed by atoms with van der Waals surface area (Å²) in [6.07, 6.45) is 3.78. The fraction of sp³-hybridized carbons (Fsp3) is 0.211. The van der Waals surface area contributed by atoms with Crippen LogP contribution in [0.2, 0.25) is 0 Å². The maximum Gasteiger partial charge on any atom is 0.272 e. The van der Waals surface area contributed by atoms with Crippen LogP contribution in [0.4, 0.5) is 0 Å². The number of nitrogens with zero attached hydrogens (tertiary/aromatic N) is 3. The Kier molecular flexibility index (Phi) is 3.93. The number of amides is 1. The molecule has 126 valence electrons. The minimum Gasteiger partial charge on any atom is -0.497 e. The Morgan fingerprint density at radius 2 is 2.08 bits per heavy atom. The van der Waals surface area contributed by atoms with Gasteiger partial charge in [0.05, 0.1) is 12.8 Å². The van der Waals surface area contributed by atoms with Gasteiger partial charge in [-0.1, -0.05) is 18.2 Å². The predicted molar refractivity (Wildman–Crippen MR) is 93.8 cm³/mol. The third-order valence-corrected chi connectivity index (χ3v) is 4.09. The average Bonchev–Trinajstić information content (AvgIpc) is 3.36. The number of ether oxygens (including phenoxy) is 1. The summed E-state index contributed by atoms with van der Waals surface area (Å²) in [7, 11) is 1.63. The molecule has 0 atom stereocenters. The molecule has 6 heteroatoms. The Morgan fingerprint density at radius 1 is 1.20 bits per heavy atom. The van der Waals surface area contributed by atoms with E-state index in [4.69, 9.17) is 4.74 Å². The number of methoxy groups -OCH3 is 1. The van der Waals surface area contributed by atoms with Gasteiger partial charge in [0.25, 0.3) is 5.91 Å². The van der Waals surface area contributed by atoms with E-state index in [0.29, 0.717) is 11.5 Å². The fourth-order valence-corrected chi connectivity index (χ4v) is 2.62. The number of nitrogens with one attached hydrogen (secondary N) is 1. The molecule has 1 fully saturated rings. The van der Waals surface area contributed by atoms with E-state index in [-0.39, 0.29) is 11.9 Å². The highest BCUT2D eigenvalue weighted by molar-refractivity contribution is 5.94. The van der Waals surface area contributed by atoms with Crippen molar-refractivity contribution in [2.24, 2.45) is 0 Å². The molecular formula is C19H18N4O2. The predicted octanol–water partition coefficient (Wildman–Crippen LogP) is 2.84. The SMILES string of the molecule is COc1cccc(-c2cc(C(=O)NC3CC3)nn2-c2ccccn2)c1. The summed E-state index contributed by atoms with van der Waals surface area (Å²) in [5.74, 6) is 1.25. The number of hydrogen-bond acceptors (Lipinski definition) is 4. The first-order valence-electron chi connectivity index (χ1n) is 8.21. The smallest absolute Gasteiger partial charge is 0.272 e. The molecule has 3 aromatic rings. The quantitative estimate of drug-likeness (QED) is 0.779. The summed E-state index contributed by atoms with van der Waals surface area (Å²) in [4.78, 5) is 16.8. The molecule has 1 amide bonds. The monoisotopic (exact) mass is 334 g/mol. The zero-order valence-corrected chi connectivity index (χ0v) is 13.8. The van der Waals surface area contributed by atoms with E-state index in [1.165, 1.54) is 0 Å². The fourth-order valence-electron chi connectivity index (χ4n) is 2.62. The molecule has 2 heterocycles. The molecule has 1 aliphatic carbocycles. The molecule has 2 aromatic heterocycles. The van der Waals surface area contributed by atoms with Crippen molar-refractivity contribution in [2.75, 3.05) is 7.11 Å². The van der Waals surface area contributed by atoms with Crippen molar-refractivity contribution < 1.29 is 9.53 Å². The lowest BCUT2D eigenvalue weighted by Gasteiger charge is -2.07. The third kappa shape index (κ3) is 3.24. The maximum atomic E-state index is 12.4. The van der Waals surface area contributed by atoms with E-state index in [9.17, 15) is 4.79 Å². The molecule has 0 spiro atoms. The number of rotatable bonds is 5. The second kappa shape index (κ2) is 6.39. The number of pyridine rings is 1. The second-order valence-corrected chi connectivity index (χ2v) is 5.99. The Bertz CT molecular complexity index is 901. The Morgan fingerprint density at radius 3 is 2.80 bits per heavy atom. The van der Waals surface area contributed by atoms with E-state index in [0.717, 1.165) is 29.8 Å². The summed E-state index contributed by atoms with van der Waals surface area (Å²) in [5.41, 5.74) is 2.08. The maximum absolute atomic E-state index is 12.4. The Labute approximate surface area is 145 Å². The van der Waals surface area contributed by atoms with E-state index < -0.39 is 0 Å². The number of hydrogen-bond donors (Lipinski definition) is 1. The molecule has 0 saturated heterocycles. The highest BCUT2D eigenvalue weighted by Gasteiger charge is 2.26. The summed E-state index contributed by atoms with van der Waals surface area (Å²) < 4.78 is 7.00. The standard InChI is InChI=1S/C19H18N4O2/c1-25-15-6-4-5-13(11-15)17-12-16(19(24)21-14-8-9-14)22-23(17)18-7-2-3-10-20-18/h2-7,10-12,14H,8-9H2,1H3,(H,21,24). The molecule has 6 nitrogen and oxygen atoms in total. The van der Waals surface area contributed by atoms with E-state index >= 15 is 0 Å². The third-order valence-electron chi connectivity index (χ3n) is 4.09. The van der Waals surface area contributed by atoms with Crippen LogP contribution in [0, 0.1) is 0 Å². The lowest BCUT2D eigenvalue weighted by Crippen LogP contribution is -2.25.